The van der Waals surface area contributed by atoms with E-state index >= 15 is 0 Å². The molecule has 2 nitrogen and oxygen atoms in total. The summed E-state index contributed by atoms with van der Waals surface area (Å²) in [5, 5.41) is 0.829. The predicted molar refractivity (Wildman–Crippen MR) is 51.7 cm³/mol. The Labute approximate surface area is 81.7 Å². The monoisotopic (exact) mass is 204 g/mol. The van der Waals surface area contributed by atoms with Crippen molar-refractivity contribution in [2.24, 2.45) is 5.73 Å². The molecule has 0 saturated heterocycles. The SMILES string of the molecule is CC(CN)c1cc(Cl)nc(Cl)c1. The summed E-state index contributed by atoms with van der Waals surface area (Å²) in [5.74, 6) is 0.267. The van der Waals surface area contributed by atoms with E-state index in [9.17, 15) is 0 Å². The quantitative estimate of drug-likeness (QED) is 0.753. The number of nitrogens with zero attached hydrogens (tertiary/aromatic N) is 1. The van der Waals surface area contributed by atoms with Crippen LogP contribution in [0.2, 0.25) is 10.3 Å². The first-order valence-corrected chi connectivity index (χ1v) is 4.42. The smallest absolute Gasteiger partial charge is 0.131 e. The van der Waals surface area contributed by atoms with Crippen LogP contribution in [0, 0.1) is 0 Å². The second kappa shape index (κ2) is 4.08. The summed E-state index contributed by atoms with van der Waals surface area (Å²) >= 11 is 11.4. The number of hydrogen-bond acceptors (Lipinski definition) is 2. The fraction of sp³-hybridized carbons (Fsp3) is 0.375. The van der Waals surface area contributed by atoms with Gasteiger partial charge >= 0.3 is 0 Å². The molecule has 0 radical (unpaired) electrons. The first-order valence-electron chi connectivity index (χ1n) is 3.66. The van der Waals surface area contributed by atoms with E-state index in [1.807, 2.05) is 6.92 Å². The molecule has 0 fully saturated rings. The Balaban J connectivity index is 3.00. The molecule has 0 aliphatic heterocycles. The minimum atomic E-state index is 0.267. The van der Waals surface area contributed by atoms with E-state index in [2.05, 4.69) is 4.98 Å². The highest BCUT2D eigenvalue weighted by Gasteiger charge is 2.05. The van der Waals surface area contributed by atoms with Gasteiger partial charge in [0.1, 0.15) is 10.3 Å². The molecule has 1 unspecified atom stereocenters. The van der Waals surface area contributed by atoms with Crippen LogP contribution < -0.4 is 5.73 Å². The Morgan fingerprint density at radius 3 is 2.33 bits per heavy atom. The van der Waals surface area contributed by atoms with E-state index in [1.165, 1.54) is 0 Å². The van der Waals surface area contributed by atoms with Gasteiger partial charge in [-0.15, -0.1) is 0 Å². The summed E-state index contributed by atoms with van der Waals surface area (Å²) in [6, 6.07) is 3.57. The van der Waals surface area contributed by atoms with Gasteiger partial charge < -0.3 is 5.73 Å². The lowest BCUT2D eigenvalue weighted by molar-refractivity contribution is 0.772. The van der Waals surface area contributed by atoms with Crippen molar-refractivity contribution in [1.29, 1.82) is 0 Å². The molecule has 1 aromatic heterocycles. The van der Waals surface area contributed by atoms with Crippen LogP contribution in [0.1, 0.15) is 18.4 Å². The number of hydrogen-bond donors (Lipinski definition) is 1. The lowest BCUT2D eigenvalue weighted by Gasteiger charge is -2.08. The van der Waals surface area contributed by atoms with Crippen molar-refractivity contribution in [3.05, 3.63) is 28.0 Å². The highest BCUT2D eigenvalue weighted by Crippen LogP contribution is 2.20. The summed E-state index contributed by atoms with van der Waals surface area (Å²) in [6.07, 6.45) is 0. The maximum Gasteiger partial charge on any atom is 0.131 e. The Bertz CT molecular complexity index is 256. The highest BCUT2D eigenvalue weighted by molar-refractivity contribution is 6.32. The average molecular weight is 205 g/mol. The molecule has 4 heteroatoms. The Kier molecular flexibility index (Phi) is 3.32. The molecule has 12 heavy (non-hydrogen) atoms. The zero-order valence-corrected chi connectivity index (χ0v) is 8.23. The van der Waals surface area contributed by atoms with Gasteiger partial charge in [-0.3, -0.25) is 0 Å². The molecule has 0 bridgehead atoms. The normalized spacial score (nSPS) is 13.0. The molecule has 0 amide bonds. The molecule has 0 aliphatic rings. The summed E-state index contributed by atoms with van der Waals surface area (Å²) in [6.45, 7) is 2.60. The maximum absolute atomic E-state index is 5.71. The molecule has 1 heterocycles. The van der Waals surface area contributed by atoms with Crippen molar-refractivity contribution >= 4 is 23.2 Å². The zero-order chi connectivity index (χ0) is 9.14. The summed E-state index contributed by atoms with van der Waals surface area (Å²) < 4.78 is 0. The van der Waals surface area contributed by atoms with Gasteiger partial charge in [0.15, 0.2) is 0 Å². The van der Waals surface area contributed by atoms with Gasteiger partial charge in [-0.1, -0.05) is 30.1 Å². The largest absolute Gasteiger partial charge is 0.330 e. The summed E-state index contributed by atoms with van der Waals surface area (Å²) in [7, 11) is 0. The number of halogens is 2. The lowest BCUT2D eigenvalue weighted by atomic mass is 10.0. The minimum Gasteiger partial charge on any atom is -0.330 e. The van der Waals surface area contributed by atoms with Gasteiger partial charge in [-0.25, -0.2) is 4.98 Å². The van der Waals surface area contributed by atoms with E-state index in [-0.39, 0.29) is 5.92 Å². The topological polar surface area (TPSA) is 38.9 Å². The van der Waals surface area contributed by atoms with Crippen molar-refractivity contribution in [2.45, 2.75) is 12.8 Å². The number of pyridine rings is 1. The third-order valence-corrected chi connectivity index (χ3v) is 2.09. The Hall–Kier alpha value is -0.310. The predicted octanol–water partition coefficient (Wildman–Crippen LogP) is 2.45. The van der Waals surface area contributed by atoms with Crippen LogP contribution in [0.5, 0.6) is 0 Å². The fourth-order valence-electron chi connectivity index (χ4n) is 0.904. The summed E-state index contributed by atoms with van der Waals surface area (Å²) in [4.78, 5) is 3.84. The molecular weight excluding hydrogens is 195 g/mol. The first kappa shape index (κ1) is 9.78. The van der Waals surface area contributed by atoms with E-state index in [1.54, 1.807) is 12.1 Å². The van der Waals surface area contributed by atoms with Crippen LogP contribution in [0.4, 0.5) is 0 Å². The third-order valence-electron chi connectivity index (χ3n) is 1.71. The van der Waals surface area contributed by atoms with E-state index in [0.717, 1.165) is 5.56 Å². The van der Waals surface area contributed by atoms with Crippen LogP contribution >= 0.6 is 23.2 Å². The minimum absolute atomic E-state index is 0.267. The Morgan fingerprint density at radius 2 is 1.92 bits per heavy atom. The number of rotatable bonds is 2. The lowest BCUT2D eigenvalue weighted by Crippen LogP contribution is -2.08. The van der Waals surface area contributed by atoms with E-state index in [0.29, 0.717) is 16.9 Å². The van der Waals surface area contributed by atoms with Crippen LogP contribution in [0.15, 0.2) is 12.1 Å². The fourth-order valence-corrected chi connectivity index (χ4v) is 1.38. The van der Waals surface area contributed by atoms with Crippen molar-refractivity contribution in [2.75, 3.05) is 6.54 Å². The van der Waals surface area contributed by atoms with Gasteiger partial charge in [0.25, 0.3) is 0 Å². The van der Waals surface area contributed by atoms with Gasteiger partial charge in [-0.05, 0) is 30.2 Å². The molecule has 0 saturated carbocycles. The van der Waals surface area contributed by atoms with Crippen molar-refractivity contribution in [1.82, 2.24) is 4.98 Å². The van der Waals surface area contributed by atoms with Gasteiger partial charge in [0, 0.05) is 0 Å². The van der Waals surface area contributed by atoms with Crippen LogP contribution in [-0.2, 0) is 0 Å². The van der Waals surface area contributed by atoms with Crippen LogP contribution in [0.25, 0.3) is 0 Å². The second-order valence-electron chi connectivity index (χ2n) is 2.68. The second-order valence-corrected chi connectivity index (χ2v) is 3.46. The van der Waals surface area contributed by atoms with E-state index < -0.39 is 0 Å². The van der Waals surface area contributed by atoms with Crippen molar-refractivity contribution in [3.63, 3.8) is 0 Å². The number of nitrogens with two attached hydrogens (primary N) is 1. The standard InChI is InChI=1S/C8H10Cl2N2/c1-5(4-11)6-2-7(9)12-8(10)3-6/h2-3,5H,4,11H2,1H3. The van der Waals surface area contributed by atoms with Crippen LogP contribution in [-0.4, -0.2) is 11.5 Å². The first-order chi connectivity index (χ1) is 5.63. The molecule has 0 aliphatic carbocycles. The molecule has 0 spiro atoms. The summed E-state index contributed by atoms with van der Waals surface area (Å²) in [5.41, 5.74) is 6.53. The van der Waals surface area contributed by atoms with Crippen molar-refractivity contribution < 1.29 is 0 Å². The number of aromatic nitrogens is 1. The Morgan fingerprint density at radius 1 is 1.42 bits per heavy atom. The zero-order valence-electron chi connectivity index (χ0n) is 6.72. The third kappa shape index (κ3) is 2.34. The van der Waals surface area contributed by atoms with Crippen molar-refractivity contribution in [3.8, 4) is 0 Å². The molecule has 1 aromatic rings. The molecule has 0 aromatic carbocycles. The average Bonchev–Trinajstić information content (AvgIpc) is 2.01. The molecule has 66 valence electrons. The maximum atomic E-state index is 5.71. The highest BCUT2D eigenvalue weighted by atomic mass is 35.5. The molecule has 1 rings (SSSR count). The molecule has 2 N–H and O–H groups in total. The van der Waals surface area contributed by atoms with Gasteiger partial charge in [0.2, 0.25) is 0 Å². The van der Waals surface area contributed by atoms with Crippen LogP contribution in [0.3, 0.4) is 0 Å². The van der Waals surface area contributed by atoms with Gasteiger partial charge in [-0.2, -0.15) is 0 Å². The molecular formula is C8H10Cl2N2. The molecule has 1 atom stereocenters. The van der Waals surface area contributed by atoms with Gasteiger partial charge in [0.05, 0.1) is 0 Å². The van der Waals surface area contributed by atoms with E-state index in [4.69, 9.17) is 28.9 Å².